The molecule has 0 aromatic carbocycles. The fourth-order valence-electron chi connectivity index (χ4n) is 2.14. The number of aromatic nitrogens is 1. The second-order valence-corrected chi connectivity index (χ2v) is 4.36. The van der Waals surface area contributed by atoms with E-state index in [1.165, 1.54) is 0 Å². The maximum Gasteiger partial charge on any atom is 0.306 e. The lowest BCUT2D eigenvalue weighted by molar-refractivity contribution is -0.144. The van der Waals surface area contributed by atoms with Crippen molar-refractivity contribution in [2.75, 3.05) is 6.61 Å². The normalized spacial score (nSPS) is 13.7. The van der Waals surface area contributed by atoms with Gasteiger partial charge in [0.2, 0.25) is 0 Å². The van der Waals surface area contributed by atoms with Gasteiger partial charge in [-0.2, -0.15) is 0 Å². The smallest absolute Gasteiger partial charge is 0.306 e. The Kier molecular flexibility index (Phi) is 5.49. The fraction of sp³-hybridized carbons (Fsp3) is 0.500. The van der Waals surface area contributed by atoms with E-state index >= 15 is 0 Å². The van der Waals surface area contributed by atoms with Crippen LogP contribution in [0.15, 0.2) is 24.5 Å². The van der Waals surface area contributed by atoms with Gasteiger partial charge in [0.15, 0.2) is 0 Å². The van der Waals surface area contributed by atoms with Crippen LogP contribution in [-0.2, 0) is 14.3 Å². The lowest BCUT2D eigenvalue weighted by Crippen LogP contribution is -2.21. The monoisotopic (exact) mass is 249 g/mol. The molecule has 4 heteroatoms. The van der Waals surface area contributed by atoms with Crippen molar-refractivity contribution in [3.63, 3.8) is 0 Å². The average molecular weight is 249 g/mol. The number of hydrogen-bond acceptors (Lipinski definition) is 4. The van der Waals surface area contributed by atoms with Crippen molar-refractivity contribution < 1.29 is 14.3 Å². The summed E-state index contributed by atoms with van der Waals surface area (Å²) in [4.78, 5) is 27.2. The summed E-state index contributed by atoms with van der Waals surface area (Å²) in [5.41, 5.74) is 0.897. The van der Waals surface area contributed by atoms with Gasteiger partial charge < -0.3 is 4.74 Å². The van der Waals surface area contributed by atoms with E-state index in [1.807, 2.05) is 19.1 Å². The maximum atomic E-state index is 11.8. The quantitative estimate of drug-likeness (QED) is 0.726. The minimum atomic E-state index is -0.280. The Balaban J connectivity index is 2.80. The van der Waals surface area contributed by atoms with Gasteiger partial charge in [0.1, 0.15) is 5.78 Å². The van der Waals surface area contributed by atoms with Crippen molar-refractivity contribution in [1.29, 1.82) is 0 Å². The van der Waals surface area contributed by atoms with Crippen molar-refractivity contribution in [1.82, 2.24) is 4.98 Å². The van der Waals surface area contributed by atoms with Crippen LogP contribution in [0.4, 0.5) is 0 Å². The third kappa shape index (κ3) is 3.95. The SMILES string of the molecule is CCOC(=O)CC(C)C(C(C)=O)c1ccncc1. The largest absolute Gasteiger partial charge is 0.466 e. The number of ether oxygens (including phenoxy) is 1. The highest BCUT2D eigenvalue weighted by molar-refractivity contribution is 5.84. The summed E-state index contributed by atoms with van der Waals surface area (Å²) in [7, 11) is 0. The van der Waals surface area contributed by atoms with Crippen LogP contribution in [0.3, 0.4) is 0 Å². The number of esters is 1. The van der Waals surface area contributed by atoms with Crippen LogP contribution in [-0.4, -0.2) is 23.3 Å². The molecule has 0 saturated carbocycles. The molecule has 0 spiro atoms. The van der Waals surface area contributed by atoms with Crippen molar-refractivity contribution in [2.24, 2.45) is 5.92 Å². The van der Waals surface area contributed by atoms with Crippen molar-refractivity contribution in [3.8, 4) is 0 Å². The Morgan fingerprint density at radius 1 is 1.33 bits per heavy atom. The molecule has 2 atom stereocenters. The molecule has 1 heterocycles. The molecule has 1 aromatic heterocycles. The molecule has 0 saturated heterocycles. The summed E-state index contributed by atoms with van der Waals surface area (Å²) in [6, 6.07) is 3.63. The molecule has 0 amide bonds. The molecular weight excluding hydrogens is 230 g/mol. The van der Waals surface area contributed by atoms with Crippen LogP contribution in [0.2, 0.25) is 0 Å². The van der Waals surface area contributed by atoms with E-state index in [0.29, 0.717) is 6.61 Å². The molecule has 0 fully saturated rings. The van der Waals surface area contributed by atoms with E-state index in [1.54, 1.807) is 26.2 Å². The lowest BCUT2D eigenvalue weighted by Gasteiger charge is -2.21. The molecule has 4 nitrogen and oxygen atoms in total. The standard InChI is InChI=1S/C14H19NO3/c1-4-18-13(17)9-10(2)14(11(3)16)12-5-7-15-8-6-12/h5-8,10,14H,4,9H2,1-3H3. The van der Waals surface area contributed by atoms with Gasteiger partial charge in [0.25, 0.3) is 0 Å². The molecule has 0 aliphatic rings. The topological polar surface area (TPSA) is 56.3 Å². The summed E-state index contributed by atoms with van der Waals surface area (Å²) in [5, 5.41) is 0. The van der Waals surface area contributed by atoms with Crippen LogP contribution < -0.4 is 0 Å². The lowest BCUT2D eigenvalue weighted by atomic mass is 9.83. The summed E-state index contributed by atoms with van der Waals surface area (Å²) in [6.07, 6.45) is 3.56. The van der Waals surface area contributed by atoms with Crippen LogP contribution >= 0.6 is 0 Å². The second kappa shape index (κ2) is 6.89. The van der Waals surface area contributed by atoms with Crippen molar-refractivity contribution in [3.05, 3.63) is 30.1 Å². The summed E-state index contributed by atoms with van der Waals surface area (Å²) in [5.74, 6) is -0.565. The number of rotatable bonds is 6. The molecular formula is C14H19NO3. The first-order chi connectivity index (χ1) is 8.56. The number of carbonyl (C=O) groups is 2. The third-order valence-corrected chi connectivity index (χ3v) is 2.87. The molecule has 1 rings (SSSR count). The summed E-state index contributed by atoms with van der Waals surface area (Å²) in [6.45, 7) is 5.58. The predicted molar refractivity (Wildman–Crippen MR) is 68.1 cm³/mol. The Labute approximate surface area is 107 Å². The minimum Gasteiger partial charge on any atom is -0.466 e. The van der Waals surface area contributed by atoms with Crippen molar-refractivity contribution >= 4 is 11.8 Å². The Morgan fingerprint density at radius 3 is 2.44 bits per heavy atom. The highest BCUT2D eigenvalue weighted by Crippen LogP contribution is 2.27. The van der Waals surface area contributed by atoms with E-state index in [9.17, 15) is 9.59 Å². The van der Waals surface area contributed by atoms with E-state index in [-0.39, 0.29) is 30.0 Å². The van der Waals surface area contributed by atoms with Gasteiger partial charge in [-0.25, -0.2) is 0 Å². The number of carbonyl (C=O) groups excluding carboxylic acids is 2. The number of ketones is 1. The van der Waals surface area contributed by atoms with Crippen LogP contribution in [0.25, 0.3) is 0 Å². The zero-order valence-corrected chi connectivity index (χ0v) is 11.1. The summed E-state index contributed by atoms with van der Waals surface area (Å²) >= 11 is 0. The van der Waals surface area contributed by atoms with Crippen LogP contribution in [0, 0.1) is 5.92 Å². The molecule has 0 aliphatic carbocycles. The van der Waals surface area contributed by atoms with E-state index in [4.69, 9.17) is 4.74 Å². The molecule has 1 aromatic rings. The fourth-order valence-corrected chi connectivity index (χ4v) is 2.14. The van der Waals surface area contributed by atoms with Gasteiger partial charge in [-0.15, -0.1) is 0 Å². The number of pyridine rings is 1. The Bertz CT molecular complexity index is 403. The number of nitrogens with zero attached hydrogens (tertiary/aromatic N) is 1. The second-order valence-electron chi connectivity index (χ2n) is 4.36. The molecule has 98 valence electrons. The van der Waals surface area contributed by atoms with Gasteiger partial charge in [-0.1, -0.05) is 6.92 Å². The molecule has 0 radical (unpaired) electrons. The first kappa shape index (κ1) is 14.4. The Hall–Kier alpha value is -1.71. The molecule has 18 heavy (non-hydrogen) atoms. The maximum absolute atomic E-state index is 11.8. The molecule has 2 unspecified atom stereocenters. The van der Waals surface area contributed by atoms with Gasteiger partial charge in [0, 0.05) is 24.7 Å². The van der Waals surface area contributed by atoms with Crippen LogP contribution in [0.5, 0.6) is 0 Å². The first-order valence-corrected chi connectivity index (χ1v) is 6.12. The highest BCUT2D eigenvalue weighted by Gasteiger charge is 2.26. The van der Waals surface area contributed by atoms with E-state index in [0.717, 1.165) is 5.56 Å². The predicted octanol–water partition coefficient (Wildman–Crippen LogP) is 2.34. The van der Waals surface area contributed by atoms with Crippen LogP contribution in [0.1, 0.15) is 38.7 Å². The zero-order chi connectivity index (χ0) is 13.5. The third-order valence-electron chi connectivity index (χ3n) is 2.87. The number of Topliss-reactive ketones (excluding diaryl/α,β-unsaturated/α-hetero) is 1. The van der Waals surface area contributed by atoms with Gasteiger partial charge in [0.05, 0.1) is 6.61 Å². The van der Waals surface area contributed by atoms with Gasteiger partial charge in [-0.05, 0) is 37.5 Å². The van der Waals surface area contributed by atoms with Gasteiger partial charge in [-0.3, -0.25) is 14.6 Å². The van der Waals surface area contributed by atoms with E-state index in [2.05, 4.69) is 4.98 Å². The number of hydrogen-bond donors (Lipinski definition) is 0. The van der Waals surface area contributed by atoms with E-state index < -0.39 is 0 Å². The van der Waals surface area contributed by atoms with Crippen molar-refractivity contribution in [2.45, 2.75) is 33.1 Å². The molecule has 0 bridgehead atoms. The zero-order valence-electron chi connectivity index (χ0n) is 11.1. The minimum absolute atomic E-state index is 0.0537. The summed E-state index contributed by atoms with van der Waals surface area (Å²) < 4.78 is 4.92. The highest BCUT2D eigenvalue weighted by atomic mass is 16.5. The average Bonchev–Trinajstić information content (AvgIpc) is 2.30. The molecule has 0 aliphatic heterocycles. The molecule has 0 N–H and O–H groups in total. The van der Waals surface area contributed by atoms with Gasteiger partial charge >= 0.3 is 5.97 Å². The first-order valence-electron chi connectivity index (χ1n) is 6.12. The Morgan fingerprint density at radius 2 is 1.94 bits per heavy atom.